The molecule has 7 heteroatoms. The number of rotatable bonds is 6. The summed E-state index contributed by atoms with van der Waals surface area (Å²) in [7, 11) is 0. The minimum absolute atomic E-state index is 0.0220. The van der Waals surface area contributed by atoms with Crippen LogP contribution in [0.2, 0.25) is 0 Å². The zero-order chi connectivity index (χ0) is 23.9. The second-order valence-corrected chi connectivity index (χ2v) is 9.78. The lowest BCUT2D eigenvalue weighted by atomic mass is 9.82. The molecule has 34 heavy (non-hydrogen) atoms. The van der Waals surface area contributed by atoms with E-state index in [2.05, 4.69) is 29.6 Å². The van der Waals surface area contributed by atoms with Gasteiger partial charge >= 0.3 is 12.1 Å². The summed E-state index contributed by atoms with van der Waals surface area (Å²) >= 11 is 0. The Morgan fingerprint density at radius 1 is 1.09 bits per heavy atom. The van der Waals surface area contributed by atoms with Gasteiger partial charge in [-0.25, -0.2) is 4.79 Å². The number of hydrogen-bond donors (Lipinski definition) is 2. The number of carbonyl (C=O) groups excluding carboxylic acids is 2. The van der Waals surface area contributed by atoms with Crippen LogP contribution in [0.25, 0.3) is 11.1 Å². The van der Waals surface area contributed by atoms with E-state index in [0.29, 0.717) is 19.4 Å². The van der Waals surface area contributed by atoms with Crippen molar-refractivity contribution in [3.05, 3.63) is 59.7 Å². The molecule has 178 valence electrons. The molecule has 2 amide bonds. The van der Waals surface area contributed by atoms with E-state index in [4.69, 9.17) is 4.74 Å². The van der Waals surface area contributed by atoms with Crippen molar-refractivity contribution in [1.29, 1.82) is 0 Å². The van der Waals surface area contributed by atoms with E-state index in [1.54, 1.807) is 11.8 Å². The maximum atomic E-state index is 12.9. The molecular formula is C27H30N2O5. The summed E-state index contributed by atoms with van der Waals surface area (Å²) in [6, 6.07) is 15.7. The maximum absolute atomic E-state index is 12.9. The number of fused-ring (bicyclic) bond motifs is 4. The highest BCUT2D eigenvalue weighted by Gasteiger charge is 2.56. The number of nitrogens with one attached hydrogen (secondary N) is 1. The van der Waals surface area contributed by atoms with Gasteiger partial charge in [-0.05, 0) is 48.4 Å². The van der Waals surface area contributed by atoms with E-state index in [1.165, 1.54) is 11.1 Å². The Morgan fingerprint density at radius 2 is 1.74 bits per heavy atom. The highest BCUT2D eigenvalue weighted by molar-refractivity contribution is 5.83. The van der Waals surface area contributed by atoms with Gasteiger partial charge in [0.15, 0.2) is 0 Å². The largest absolute Gasteiger partial charge is 0.481 e. The fourth-order valence-electron chi connectivity index (χ4n) is 6.20. The molecule has 3 atom stereocenters. The predicted molar refractivity (Wildman–Crippen MR) is 126 cm³/mol. The third kappa shape index (κ3) is 3.73. The average molecular weight is 463 g/mol. The monoisotopic (exact) mass is 462 g/mol. The predicted octanol–water partition coefficient (Wildman–Crippen LogP) is 4.16. The molecular weight excluding hydrogens is 432 g/mol. The number of benzene rings is 2. The molecule has 1 saturated carbocycles. The van der Waals surface area contributed by atoms with E-state index >= 15 is 0 Å². The highest BCUT2D eigenvalue weighted by atomic mass is 16.5. The number of likely N-dealkylation sites (tertiary alicyclic amines) is 1. The minimum atomic E-state index is -0.796. The fourth-order valence-corrected chi connectivity index (χ4v) is 6.20. The second-order valence-electron chi connectivity index (χ2n) is 9.78. The van der Waals surface area contributed by atoms with Gasteiger partial charge in [-0.3, -0.25) is 9.59 Å². The van der Waals surface area contributed by atoms with Crippen LogP contribution in [0.3, 0.4) is 0 Å². The zero-order valence-electron chi connectivity index (χ0n) is 19.3. The third-order valence-corrected chi connectivity index (χ3v) is 7.85. The van der Waals surface area contributed by atoms with Crippen LogP contribution in [-0.4, -0.2) is 53.2 Å². The highest BCUT2D eigenvalue weighted by Crippen LogP contribution is 2.49. The van der Waals surface area contributed by atoms with Crippen LogP contribution >= 0.6 is 0 Å². The van der Waals surface area contributed by atoms with Crippen LogP contribution in [0.4, 0.5) is 4.79 Å². The number of amides is 2. The van der Waals surface area contributed by atoms with Crippen molar-refractivity contribution in [1.82, 2.24) is 10.2 Å². The molecule has 2 aromatic carbocycles. The molecule has 1 heterocycles. The van der Waals surface area contributed by atoms with Crippen molar-refractivity contribution in [3.8, 4) is 11.1 Å². The summed E-state index contributed by atoms with van der Waals surface area (Å²) in [6.07, 6.45) is 2.26. The van der Waals surface area contributed by atoms with Gasteiger partial charge in [-0.15, -0.1) is 0 Å². The van der Waals surface area contributed by atoms with Crippen LogP contribution in [0.5, 0.6) is 0 Å². The van der Waals surface area contributed by atoms with Gasteiger partial charge in [0.25, 0.3) is 0 Å². The molecule has 3 unspecified atom stereocenters. The Morgan fingerprint density at radius 3 is 2.38 bits per heavy atom. The number of aliphatic carboxylic acids is 1. The molecule has 0 spiro atoms. The van der Waals surface area contributed by atoms with Crippen molar-refractivity contribution in [2.24, 2.45) is 5.41 Å². The van der Waals surface area contributed by atoms with Crippen LogP contribution in [0.15, 0.2) is 48.5 Å². The summed E-state index contributed by atoms with van der Waals surface area (Å²) in [6.45, 7) is 2.46. The molecule has 7 nitrogen and oxygen atoms in total. The molecule has 1 saturated heterocycles. The smallest absolute Gasteiger partial charge is 0.407 e. The topological polar surface area (TPSA) is 95.9 Å². The summed E-state index contributed by atoms with van der Waals surface area (Å²) in [5.41, 5.74) is 3.83. The first-order valence-electron chi connectivity index (χ1n) is 12.0. The van der Waals surface area contributed by atoms with Gasteiger partial charge in [-0.2, -0.15) is 0 Å². The molecule has 0 radical (unpaired) electrons. The van der Waals surface area contributed by atoms with Crippen LogP contribution in [0.1, 0.15) is 56.1 Å². The lowest BCUT2D eigenvalue weighted by Gasteiger charge is -2.29. The van der Waals surface area contributed by atoms with Gasteiger partial charge in [0.05, 0.1) is 5.41 Å². The minimum Gasteiger partial charge on any atom is -0.481 e. The Labute approximate surface area is 199 Å². The fraction of sp³-hybridized carbons (Fsp3) is 0.444. The molecule has 2 fully saturated rings. The second kappa shape index (κ2) is 8.78. The summed E-state index contributed by atoms with van der Waals surface area (Å²) in [4.78, 5) is 39.0. The Bertz CT molecular complexity index is 1090. The quantitative estimate of drug-likeness (QED) is 0.672. The molecule has 3 aliphatic rings. The van der Waals surface area contributed by atoms with E-state index in [0.717, 1.165) is 24.0 Å². The maximum Gasteiger partial charge on any atom is 0.407 e. The number of ether oxygens (including phenoxy) is 1. The van der Waals surface area contributed by atoms with Crippen LogP contribution < -0.4 is 5.32 Å². The number of carbonyl (C=O) groups is 3. The van der Waals surface area contributed by atoms with E-state index in [-0.39, 0.29) is 30.9 Å². The SMILES string of the molecule is CC(CC(=O)N1CCC2(C(=O)O)CCCC12)NC(=O)OCC1c2ccccc2-c2ccccc21. The normalized spacial score (nSPS) is 23.7. The number of alkyl carbamates (subject to hydrolysis) is 1. The third-order valence-electron chi connectivity index (χ3n) is 7.85. The van der Waals surface area contributed by atoms with Crippen molar-refractivity contribution in [2.75, 3.05) is 13.2 Å². The number of carboxylic acid groups (broad SMARTS) is 1. The van der Waals surface area contributed by atoms with Crippen molar-refractivity contribution in [2.45, 2.75) is 57.0 Å². The molecule has 2 aromatic rings. The Balaban J connectivity index is 1.16. The molecule has 2 aliphatic carbocycles. The first-order chi connectivity index (χ1) is 16.4. The van der Waals surface area contributed by atoms with E-state index < -0.39 is 23.5 Å². The van der Waals surface area contributed by atoms with Crippen molar-refractivity contribution in [3.63, 3.8) is 0 Å². The van der Waals surface area contributed by atoms with Gasteiger partial charge in [0.2, 0.25) is 5.91 Å². The summed E-state index contributed by atoms with van der Waals surface area (Å²) in [5, 5.41) is 12.5. The van der Waals surface area contributed by atoms with E-state index in [1.807, 2.05) is 24.3 Å². The summed E-state index contributed by atoms with van der Waals surface area (Å²) < 4.78 is 5.58. The van der Waals surface area contributed by atoms with Gasteiger partial charge in [0.1, 0.15) is 6.61 Å². The lowest BCUT2D eigenvalue weighted by molar-refractivity contribution is -0.150. The Kier molecular flexibility index (Phi) is 5.80. The number of nitrogens with zero attached hydrogens (tertiary/aromatic N) is 1. The molecule has 2 N–H and O–H groups in total. The van der Waals surface area contributed by atoms with Crippen molar-refractivity contribution < 1.29 is 24.2 Å². The van der Waals surface area contributed by atoms with Crippen LogP contribution in [-0.2, 0) is 14.3 Å². The summed E-state index contributed by atoms with van der Waals surface area (Å²) in [5.74, 6) is -0.928. The Hall–Kier alpha value is -3.35. The van der Waals surface area contributed by atoms with Gasteiger partial charge in [-0.1, -0.05) is 55.0 Å². The van der Waals surface area contributed by atoms with Crippen molar-refractivity contribution >= 4 is 18.0 Å². The number of hydrogen-bond acceptors (Lipinski definition) is 4. The zero-order valence-corrected chi connectivity index (χ0v) is 19.3. The first kappa shape index (κ1) is 22.4. The molecule has 1 aliphatic heterocycles. The molecule has 0 bridgehead atoms. The van der Waals surface area contributed by atoms with Gasteiger partial charge < -0.3 is 20.1 Å². The molecule has 0 aromatic heterocycles. The standard InChI is InChI=1S/C27H30N2O5/c1-17(15-24(30)29-14-13-27(25(31)32)12-6-11-23(27)29)28-26(33)34-16-22-20-9-4-2-7-18(20)19-8-3-5-10-21(19)22/h2-5,7-10,17,22-23H,6,11-16H2,1H3,(H,28,33)(H,31,32). The molecule has 5 rings (SSSR count). The first-order valence-corrected chi connectivity index (χ1v) is 12.0. The average Bonchev–Trinajstić information content (AvgIpc) is 3.48. The number of carboxylic acids is 1. The van der Waals surface area contributed by atoms with E-state index in [9.17, 15) is 19.5 Å². The lowest BCUT2D eigenvalue weighted by Crippen LogP contribution is -2.45. The van der Waals surface area contributed by atoms with Gasteiger partial charge in [0, 0.05) is 31.0 Å². The van der Waals surface area contributed by atoms with Crippen LogP contribution in [0, 0.1) is 5.41 Å².